The molecule has 0 radical (unpaired) electrons. The molecule has 0 fully saturated rings. The fourth-order valence-electron chi connectivity index (χ4n) is 1.84. The lowest BCUT2D eigenvalue weighted by atomic mass is 10.1. The van der Waals surface area contributed by atoms with Crippen LogP contribution >= 0.6 is 0 Å². The summed E-state index contributed by atoms with van der Waals surface area (Å²) in [6.45, 7) is 4.00. The first-order valence-corrected chi connectivity index (χ1v) is 7.40. The molecule has 6 heteroatoms. The Morgan fingerprint density at radius 2 is 2.09 bits per heavy atom. The second-order valence-electron chi connectivity index (χ2n) is 4.80. The zero-order valence-electron chi connectivity index (χ0n) is 13.0. The fraction of sp³-hybridized carbons (Fsp3) is 0.353. The third-order valence-corrected chi connectivity index (χ3v) is 2.98. The highest BCUT2D eigenvalue weighted by atomic mass is 16.5. The average molecular weight is 315 g/mol. The zero-order valence-corrected chi connectivity index (χ0v) is 13.0. The summed E-state index contributed by atoms with van der Waals surface area (Å²) < 4.78 is 4.97. The number of nitrogens with one attached hydrogen (secondary N) is 2. The lowest BCUT2D eigenvalue weighted by Gasteiger charge is -2.18. The van der Waals surface area contributed by atoms with Gasteiger partial charge in [-0.2, -0.15) is 5.26 Å². The van der Waals surface area contributed by atoms with E-state index in [4.69, 9.17) is 10.00 Å². The van der Waals surface area contributed by atoms with Crippen molar-refractivity contribution < 1.29 is 14.3 Å². The first-order valence-electron chi connectivity index (χ1n) is 7.40. The van der Waals surface area contributed by atoms with Gasteiger partial charge in [0, 0.05) is 13.0 Å². The van der Waals surface area contributed by atoms with Crippen LogP contribution in [0.25, 0.3) is 0 Å². The molecule has 0 spiro atoms. The first kappa shape index (κ1) is 18.2. The lowest BCUT2D eigenvalue weighted by Crippen LogP contribution is -2.48. The van der Waals surface area contributed by atoms with Crippen molar-refractivity contribution in [2.24, 2.45) is 0 Å². The Kier molecular flexibility index (Phi) is 8.61. The molecule has 6 nitrogen and oxygen atoms in total. The van der Waals surface area contributed by atoms with E-state index in [9.17, 15) is 9.59 Å². The molecule has 1 unspecified atom stereocenters. The topological polar surface area (TPSA) is 91.2 Å². The third kappa shape index (κ3) is 7.67. The summed E-state index contributed by atoms with van der Waals surface area (Å²) in [5.74, 6) is -0.343. The van der Waals surface area contributed by atoms with E-state index in [-0.39, 0.29) is 25.5 Å². The van der Waals surface area contributed by atoms with Crippen LogP contribution in [0, 0.1) is 11.3 Å². The summed E-state index contributed by atoms with van der Waals surface area (Å²) >= 11 is 0. The van der Waals surface area contributed by atoms with Gasteiger partial charge in [-0.15, -0.1) is 6.58 Å². The van der Waals surface area contributed by atoms with Gasteiger partial charge in [-0.3, -0.25) is 4.79 Å². The number of hydrogen-bond donors (Lipinski definition) is 2. The maximum atomic E-state index is 12.2. The van der Waals surface area contributed by atoms with Gasteiger partial charge in [0.25, 0.3) is 0 Å². The maximum Gasteiger partial charge on any atom is 0.407 e. The van der Waals surface area contributed by atoms with Crippen LogP contribution in [0.15, 0.2) is 43.0 Å². The lowest BCUT2D eigenvalue weighted by molar-refractivity contribution is -0.123. The molecule has 0 aromatic heterocycles. The molecule has 23 heavy (non-hydrogen) atoms. The van der Waals surface area contributed by atoms with Crippen LogP contribution in [0.4, 0.5) is 4.79 Å². The zero-order chi connectivity index (χ0) is 16.9. The molecule has 1 aromatic carbocycles. The highest BCUT2D eigenvalue weighted by molar-refractivity contribution is 5.85. The predicted octanol–water partition coefficient (Wildman–Crippen LogP) is 1.93. The van der Waals surface area contributed by atoms with Crippen LogP contribution in [0.2, 0.25) is 0 Å². The van der Waals surface area contributed by atoms with Crippen LogP contribution in [-0.2, 0) is 16.0 Å². The molecule has 2 amide bonds. The molecule has 1 rings (SSSR count). The van der Waals surface area contributed by atoms with Gasteiger partial charge >= 0.3 is 6.09 Å². The van der Waals surface area contributed by atoms with Gasteiger partial charge in [-0.05, 0) is 12.0 Å². The summed E-state index contributed by atoms with van der Waals surface area (Å²) in [6.07, 6.45) is 2.10. The van der Waals surface area contributed by atoms with E-state index < -0.39 is 12.1 Å². The normalized spacial score (nSPS) is 10.9. The number of carbonyl (C=O) groups excluding carboxylic acids is 2. The van der Waals surface area contributed by atoms with Crippen LogP contribution in [0.3, 0.4) is 0 Å². The molecule has 0 aliphatic rings. The van der Waals surface area contributed by atoms with E-state index in [1.165, 1.54) is 0 Å². The van der Waals surface area contributed by atoms with Gasteiger partial charge < -0.3 is 15.4 Å². The van der Waals surface area contributed by atoms with Gasteiger partial charge in [0.2, 0.25) is 5.91 Å². The molecule has 0 saturated carbocycles. The van der Waals surface area contributed by atoms with Gasteiger partial charge in [0.15, 0.2) is 0 Å². The fourth-order valence-corrected chi connectivity index (χ4v) is 1.84. The first-order chi connectivity index (χ1) is 11.2. The predicted molar refractivity (Wildman–Crippen MR) is 86.5 cm³/mol. The van der Waals surface area contributed by atoms with Gasteiger partial charge in [-0.1, -0.05) is 36.4 Å². The largest absolute Gasteiger partial charge is 0.449 e. The Morgan fingerprint density at radius 1 is 1.35 bits per heavy atom. The highest BCUT2D eigenvalue weighted by Crippen LogP contribution is 2.04. The number of carbonyl (C=O) groups is 2. The van der Waals surface area contributed by atoms with Crippen LogP contribution in [0.1, 0.15) is 18.4 Å². The van der Waals surface area contributed by atoms with E-state index in [1.54, 1.807) is 6.08 Å². The van der Waals surface area contributed by atoms with E-state index in [1.807, 2.05) is 36.4 Å². The Morgan fingerprint density at radius 3 is 2.74 bits per heavy atom. The smallest absolute Gasteiger partial charge is 0.407 e. The standard InChI is InChI=1S/C17H21N3O3/c1-2-3-12-23-17(22)20-15(16(21)19-11-7-10-18)13-14-8-5-4-6-9-14/h2,4-6,8-9,15H,1,3,7,11-13H2,(H,19,21)(H,20,22). The summed E-state index contributed by atoms with van der Waals surface area (Å²) in [6, 6.07) is 10.5. The van der Waals surface area contributed by atoms with Crippen LogP contribution in [0.5, 0.6) is 0 Å². The van der Waals surface area contributed by atoms with Crippen molar-refractivity contribution in [3.63, 3.8) is 0 Å². The minimum atomic E-state index is -0.757. The van der Waals surface area contributed by atoms with Crippen molar-refractivity contribution in [2.75, 3.05) is 13.2 Å². The molecule has 2 N–H and O–H groups in total. The summed E-state index contributed by atoms with van der Waals surface area (Å²) in [4.78, 5) is 23.9. The number of hydrogen-bond acceptors (Lipinski definition) is 4. The van der Waals surface area contributed by atoms with E-state index >= 15 is 0 Å². The molecule has 0 aliphatic heterocycles. The van der Waals surface area contributed by atoms with Crippen LogP contribution < -0.4 is 10.6 Å². The van der Waals surface area contributed by atoms with Gasteiger partial charge in [0.1, 0.15) is 6.04 Å². The molecule has 0 saturated heterocycles. The van der Waals surface area contributed by atoms with Crippen molar-refractivity contribution in [1.82, 2.24) is 10.6 Å². The molecule has 1 aromatic rings. The molecular weight excluding hydrogens is 294 g/mol. The van der Waals surface area contributed by atoms with Crippen molar-refractivity contribution >= 4 is 12.0 Å². The number of ether oxygens (including phenoxy) is 1. The number of amides is 2. The van der Waals surface area contributed by atoms with Crippen molar-refractivity contribution in [3.8, 4) is 6.07 Å². The molecule has 122 valence electrons. The molecule has 0 aliphatic carbocycles. The van der Waals surface area contributed by atoms with E-state index in [2.05, 4.69) is 17.2 Å². The Balaban J connectivity index is 2.63. The van der Waals surface area contributed by atoms with E-state index in [0.717, 1.165) is 5.56 Å². The molecule has 0 heterocycles. The summed E-state index contributed by atoms with van der Waals surface area (Å²) in [7, 11) is 0. The molecule has 0 bridgehead atoms. The average Bonchev–Trinajstić information content (AvgIpc) is 2.55. The van der Waals surface area contributed by atoms with Gasteiger partial charge in [-0.25, -0.2) is 4.79 Å². The minimum Gasteiger partial charge on any atom is -0.449 e. The second-order valence-corrected chi connectivity index (χ2v) is 4.80. The highest BCUT2D eigenvalue weighted by Gasteiger charge is 2.21. The Labute approximate surface area is 136 Å². The summed E-state index contributed by atoms with van der Waals surface area (Å²) in [5, 5.41) is 13.7. The molecule has 1 atom stereocenters. The number of alkyl carbamates (subject to hydrolysis) is 1. The number of rotatable bonds is 9. The Hall–Kier alpha value is -2.81. The maximum absolute atomic E-state index is 12.2. The van der Waals surface area contributed by atoms with Gasteiger partial charge in [0.05, 0.1) is 19.1 Å². The monoisotopic (exact) mass is 315 g/mol. The molecular formula is C17H21N3O3. The number of benzene rings is 1. The van der Waals surface area contributed by atoms with Crippen molar-refractivity contribution in [1.29, 1.82) is 5.26 Å². The number of nitrogens with zero attached hydrogens (tertiary/aromatic N) is 1. The second kappa shape index (κ2) is 10.9. The van der Waals surface area contributed by atoms with E-state index in [0.29, 0.717) is 12.8 Å². The van der Waals surface area contributed by atoms with Crippen molar-refractivity contribution in [2.45, 2.75) is 25.3 Å². The quantitative estimate of drug-likeness (QED) is 0.538. The number of nitriles is 1. The SMILES string of the molecule is C=CCCOC(=O)NC(Cc1ccccc1)C(=O)NCCC#N. The minimum absolute atomic E-state index is 0.212. The van der Waals surface area contributed by atoms with Crippen LogP contribution in [-0.4, -0.2) is 31.2 Å². The Bertz CT molecular complexity index is 552. The van der Waals surface area contributed by atoms with Crippen molar-refractivity contribution in [3.05, 3.63) is 48.6 Å². The summed E-state index contributed by atoms with van der Waals surface area (Å²) in [5.41, 5.74) is 0.916. The third-order valence-electron chi connectivity index (χ3n) is 2.98.